The molecule has 96 valence electrons. The Hall–Kier alpha value is -1.26. The highest BCUT2D eigenvalue weighted by Gasteiger charge is 2.11. The molecule has 4 N–H and O–H groups in total. The number of rotatable bonds is 5. The zero-order valence-electron chi connectivity index (χ0n) is 11.2. The first kappa shape index (κ1) is 13.8. The van der Waals surface area contributed by atoms with Crippen molar-refractivity contribution >= 4 is 5.69 Å². The Kier molecular flexibility index (Phi) is 4.78. The molecule has 0 amide bonds. The average Bonchev–Trinajstić information content (AvgIpc) is 2.31. The van der Waals surface area contributed by atoms with Crippen LogP contribution in [0.2, 0.25) is 0 Å². The second-order valence-electron chi connectivity index (χ2n) is 4.48. The number of ether oxygens (including phenoxy) is 1. The van der Waals surface area contributed by atoms with Gasteiger partial charge in [0.25, 0.3) is 0 Å². The number of hydrogen-bond donors (Lipinski definition) is 2. The zero-order valence-corrected chi connectivity index (χ0v) is 11.2. The molecule has 0 aliphatic rings. The van der Waals surface area contributed by atoms with Crippen molar-refractivity contribution in [1.82, 2.24) is 0 Å². The third kappa shape index (κ3) is 3.35. The van der Waals surface area contributed by atoms with Gasteiger partial charge in [-0.2, -0.15) is 0 Å². The van der Waals surface area contributed by atoms with E-state index in [1.54, 1.807) is 7.11 Å². The summed E-state index contributed by atoms with van der Waals surface area (Å²) in [5.74, 6) is 0.919. The molecule has 1 atom stereocenters. The first-order valence-electron chi connectivity index (χ1n) is 5.81. The van der Waals surface area contributed by atoms with Crippen LogP contribution in [-0.4, -0.2) is 33.3 Å². The zero-order chi connectivity index (χ0) is 13.0. The lowest BCUT2D eigenvalue weighted by Gasteiger charge is -2.25. The van der Waals surface area contributed by atoms with Crippen molar-refractivity contribution in [3.05, 3.63) is 23.3 Å². The van der Waals surface area contributed by atoms with Gasteiger partial charge in [0.05, 0.1) is 7.11 Å². The van der Waals surface area contributed by atoms with Crippen molar-refractivity contribution in [2.24, 2.45) is 11.5 Å². The van der Waals surface area contributed by atoms with Crippen LogP contribution in [0.1, 0.15) is 11.1 Å². The summed E-state index contributed by atoms with van der Waals surface area (Å²) < 4.78 is 5.30. The minimum Gasteiger partial charge on any atom is -0.496 e. The fraction of sp³-hybridized carbons (Fsp3) is 0.538. The summed E-state index contributed by atoms with van der Waals surface area (Å²) in [6.07, 6.45) is 0. The third-order valence-corrected chi connectivity index (χ3v) is 2.94. The first-order chi connectivity index (χ1) is 7.99. The Labute approximate surface area is 104 Å². The largest absolute Gasteiger partial charge is 0.496 e. The fourth-order valence-corrected chi connectivity index (χ4v) is 1.93. The van der Waals surface area contributed by atoms with Crippen LogP contribution in [0.5, 0.6) is 5.75 Å². The van der Waals surface area contributed by atoms with E-state index in [0.29, 0.717) is 6.54 Å². The Morgan fingerprint density at radius 2 is 1.94 bits per heavy atom. The second kappa shape index (κ2) is 5.89. The maximum Gasteiger partial charge on any atom is 0.122 e. The topological polar surface area (TPSA) is 64.5 Å². The van der Waals surface area contributed by atoms with E-state index in [2.05, 4.69) is 24.0 Å². The predicted molar refractivity (Wildman–Crippen MR) is 72.8 cm³/mol. The van der Waals surface area contributed by atoms with E-state index in [9.17, 15) is 0 Å². The van der Waals surface area contributed by atoms with Crippen molar-refractivity contribution in [3.63, 3.8) is 0 Å². The molecule has 1 aromatic rings. The maximum atomic E-state index is 5.86. The van der Waals surface area contributed by atoms with Gasteiger partial charge in [-0.3, -0.25) is 0 Å². The van der Waals surface area contributed by atoms with E-state index in [4.69, 9.17) is 16.2 Å². The van der Waals surface area contributed by atoms with E-state index < -0.39 is 0 Å². The normalized spacial score (nSPS) is 12.4. The molecule has 0 saturated carbocycles. The van der Waals surface area contributed by atoms with E-state index in [1.165, 1.54) is 11.3 Å². The second-order valence-corrected chi connectivity index (χ2v) is 4.48. The third-order valence-electron chi connectivity index (χ3n) is 2.94. The summed E-state index contributed by atoms with van der Waals surface area (Å²) in [5, 5.41) is 0. The highest BCUT2D eigenvalue weighted by Crippen LogP contribution is 2.27. The van der Waals surface area contributed by atoms with Crippen LogP contribution in [0.3, 0.4) is 0 Å². The average molecular weight is 237 g/mol. The van der Waals surface area contributed by atoms with Crippen LogP contribution in [0.15, 0.2) is 12.1 Å². The van der Waals surface area contributed by atoms with E-state index in [-0.39, 0.29) is 6.04 Å². The number of anilines is 1. The SMILES string of the molecule is COc1cc(C)c(N(C)CC(N)CN)cc1C. The predicted octanol–water partition coefficient (Wildman–Crippen LogP) is 1.03. The summed E-state index contributed by atoms with van der Waals surface area (Å²) in [6, 6.07) is 4.17. The highest BCUT2D eigenvalue weighted by atomic mass is 16.5. The van der Waals surface area contributed by atoms with E-state index in [0.717, 1.165) is 17.9 Å². The molecule has 1 unspecified atom stereocenters. The van der Waals surface area contributed by atoms with Gasteiger partial charge >= 0.3 is 0 Å². The van der Waals surface area contributed by atoms with E-state index >= 15 is 0 Å². The number of nitrogens with zero attached hydrogens (tertiary/aromatic N) is 1. The van der Waals surface area contributed by atoms with Crippen LogP contribution in [-0.2, 0) is 0 Å². The molecule has 4 nitrogen and oxygen atoms in total. The maximum absolute atomic E-state index is 5.86. The van der Waals surface area contributed by atoms with Crippen LogP contribution >= 0.6 is 0 Å². The van der Waals surface area contributed by atoms with Gasteiger partial charge < -0.3 is 21.1 Å². The summed E-state index contributed by atoms with van der Waals surface area (Å²) in [4.78, 5) is 2.14. The summed E-state index contributed by atoms with van der Waals surface area (Å²) in [5.41, 5.74) is 14.9. The van der Waals surface area contributed by atoms with Crippen LogP contribution < -0.4 is 21.1 Å². The van der Waals surface area contributed by atoms with E-state index in [1.807, 2.05) is 14.0 Å². The molecule has 0 saturated heterocycles. The smallest absolute Gasteiger partial charge is 0.122 e. The van der Waals surface area contributed by atoms with Gasteiger partial charge in [0, 0.05) is 31.9 Å². The van der Waals surface area contributed by atoms with Gasteiger partial charge in [-0.1, -0.05) is 0 Å². The molecule has 0 aliphatic carbocycles. The number of aryl methyl sites for hydroxylation is 2. The molecule has 0 radical (unpaired) electrons. The number of nitrogens with two attached hydrogens (primary N) is 2. The molecule has 17 heavy (non-hydrogen) atoms. The molecule has 1 aromatic carbocycles. The fourth-order valence-electron chi connectivity index (χ4n) is 1.93. The monoisotopic (exact) mass is 237 g/mol. The number of methoxy groups -OCH3 is 1. The number of likely N-dealkylation sites (N-methyl/N-ethyl adjacent to an activating group) is 1. The van der Waals surface area contributed by atoms with Gasteiger partial charge in [0.15, 0.2) is 0 Å². The molecule has 0 heterocycles. The molecule has 0 aliphatic heterocycles. The van der Waals surface area contributed by atoms with Gasteiger partial charge in [0.2, 0.25) is 0 Å². The standard InChI is InChI=1S/C13H23N3O/c1-9-6-13(17-4)10(2)5-12(9)16(3)8-11(15)7-14/h5-6,11H,7-8,14-15H2,1-4H3. The molecule has 0 spiro atoms. The van der Waals surface area contributed by atoms with Gasteiger partial charge in [-0.15, -0.1) is 0 Å². The van der Waals surface area contributed by atoms with Crippen molar-refractivity contribution in [3.8, 4) is 5.75 Å². The van der Waals surface area contributed by atoms with Crippen LogP contribution in [0.4, 0.5) is 5.69 Å². The van der Waals surface area contributed by atoms with Crippen LogP contribution in [0, 0.1) is 13.8 Å². The Balaban J connectivity index is 2.94. The molecular weight excluding hydrogens is 214 g/mol. The van der Waals surface area contributed by atoms with Crippen LogP contribution in [0.25, 0.3) is 0 Å². The van der Waals surface area contributed by atoms with Gasteiger partial charge in [-0.05, 0) is 37.1 Å². The molecule has 1 rings (SSSR count). The molecule has 0 aromatic heterocycles. The quantitative estimate of drug-likeness (QED) is 0.803. The lowest BCUT2D eigenvalue weighted by Crippen LogP contribution is -2.40. The molecule has 0 bridgehead atoms. The lowest BCUT2D eigenvalue weighted by molar-refractivity contribution is 0.411. The summed E-state index contributed by atoms with van der Waals surface area (Å²) in [7, 11) is 3.72. The van der Waals surface area contributed by atoms with Gasteiger partial charge in [-0.25, -0.2) is 0 Å². The highest BCUT2D eigenvalue weighted by molar-refractivity contribution is 5.58. The Morgan fingerprint density at radius 3 is 2.47 bits per heavy atom. The minimum absolute atomic E-state index is 0.00167. The van der Waals surface area contributed by atoms with Crippen molar-refractivity contribution in [1.29, 1.82) is 0 Å². The van der Waals surface area contributed by atoms with Crippen molar-refractivity contribution in [2.75, 3.05) is 32.1 Å². The molecule has 0 fully saturated rings. The Bertz CT molecular complexity index is 379. The summed E-state index contributed by atoms with van der Waals surface area (Å²) >= 11 is 0. The first-order valence-corrected chi connectivity index (χ1v) is 5.81. The summed E-state index contributed by atoms with van der Waals surface area (Å²) in [6.45, 7) is 5.36. The lowest BCUT2D eigenvalue weighted by atomic mass is 10.1. The Morgan fingerprint density at radius 1 is 1.29 bits per heavy atom. The van der Waals surface area contributed by atoms with Gasteiger partial charge in [0.1, 0.15) is 5.75 Å². The minimum atomic E-state index is 0.00167. The van der Waals surface area contributed by atoms with Crippen molar-refractivity contribution < 1.29 is 4.74 Å². The number of benzene rings is 1. The van der Waals surface area contributed by atoms with Crippen molar-refractivity contribution in [2.45, 2.75) is 19.9 Å². The molecule has 4 heteroatoms. The molecular formula is C13H23N3O. The number of hydrogen-bond acceptors (Lipinski definition) is 4.